The lowest BCUT2D eigenvalue weighted by atomic mass is 10.1. The maximum Gasteiger partial charge on any atom is 0.256 e. The molecular weight excluding hydrogens is 288 g/mol. The van der Waals surface area contributed by atoms with Gasteiger partial charge in [-0.3, -0.25) is 4.79 Å². The van der Waals surface area contributed by atoms with Gasteiger partial charge in [0.05, 0.1) is 5.56 Å². The molecule has 0 atom stereocenters. The smallest absolute Gasteiger partial charge is 0.256 e. The van der Waals surface area contributed by atoms with E-state index in [1.807, 2.05) is 12.1 Å². The average molecular weight is 312 g/mol. The van der Waals surface area contributed by atoms with E-state index < -0.39 is 0 Å². The minimum Gasteiger partial charge on any atom is -0.342 e. The fourth-order valence-corrected chi connectivity index (χ4v) is 2.23. The summed E-state index contributed by atoms with van der Waals surface area (Å²) in [6.07, 6.45) is 5.21. The molecule has 5 nitrogen and oxygen atoms in total. The van der Waals surface area contributed by atoms with Crippen molar-refractivity contribution >= 4 is 17.5 Å². The molecule has 122 valence electrons. The molecule has 1 aromatic heterocycles. The Balaban J connectivity index is 2.07. The number of nitrogens with zero attached hydrogens (tertiary/aromatic N) is 3. The average Bonchev–Trinajstić information content (AvgIpc) is 2.57. The van der Waals surface area contributed by atoms with Crippen molar-refractivity contribution in [2.24, 2.45) is 0 Å². The molecule has 0 bridgehead atoms. The van der Waals surface area contributed by atoms with Crippen LogP contribution in [0.1, 0.15) is 41.3 Å². The second kappa shape index (κ2) is 7.72. The fraction of sp³-hybridized carbons (Fsp3) is 0.389. The molecule has 0 spiro atoms. The summed E-state index contributed by atoms with van der Waals surface area (Å²) < 4.78 is 0. The minimum atomic E-state index is -0.0447. The van der Waals surface area contributed by atoms with Gasteiger partial charge in [0, 0.05) is 31.7 Å². The number of carbonyl (C=O) groups excluding carboxylic acids is 1. The predicted octanol–water partition coefficient (Wildman–Crippen LogP) is 3.71. The van der Waals surface area contributed by atoms with Gasteiger partial charge in [-0.15, -0.1) is 0 Å². The van der Waals surface area contributed by atoms with Gasteiger partial charge in [0.1, 0.15) is 0 Å². The van der Waals surface area contributed by atoms with E-state index >= 15 is 0 Å². The van der Waals surface area contributed by atoms with E-state index in [-0.39, 0.29) is 5.91 Å². The summed E-state index contributed by atoms with van der Waals surface area (Å²) in [6, 6.07) is 6.05. The van der Waals surface area contributed by atoms with Crippen molar-refractivity contribution in [3.63, 3.8) is 0 Å². The van der Waals surface area contributed by atoms with Gasteiger partial charge in [0.2, 0.25) is 5.95 Å². The summed E-state index contributed by atoms with van der Waals surface area (Å²) in [5.41, 5.74) is 3.86. The first-order valence-corrected chi connectivity index (χ1v) is 7.93. The Bertz CT molecular complexity index is 667. The van der Waals surface area contributed by atoms with Crippen molar-refractivity contribution in [2.45, 2.75) is 33.6 Å². The van der Waals surface area contributed by atoms with Gasteiger partial charge < -0.3 is 10.2 Å². The highest BCUT2D eigenvalue weighted by Crippen LogP contribution is 2.20. The van der Waals surface area contributed by atoms with Crippen LogP contribution in [0.15, 0.2) is 30.6 Å². The van der Waals surface area contributed by atoms with Crippen LogP contribution in [-0.2, 0) is 0 Å². The number of amides is 1. The third-order valence-corrected chi connectivity index (χ3v) is 3.94. The summed E-state index contributed by atoms with van der Waals surface area (Å²) >= 11 is 0. The summed E-state index contributed by atoms with van der Waals surface area (Å²) in [5, 5.41) is 3.20. The molecule has 5 heteroatoms. The number of unbranched alkanes of at least 4 members (excludes halogenated alkanes) is 1. The lowest BCUT2D eigenvalue weighted by Crippen LogP contribution is -2.27. The standard InChI is InChI=1S/C18H24N4O/c1-5-6-10-22(4)17(23)15-11-19-18(20-12-15)21-16-9-7-8-13(2)14(16)3/h7-9,11-12H,5-6,10H2,1-4H3,(H,19,20,21). The van der Waals surface area contributed by atoms with Gasteiger partial charge in [0.15, 0.2) is 0 Å². The Morgan fingerprint density at radius 1 is 1.22 bits per heavy atom. The van der Waals surface area contributed by atoms with Crippen molar-refractivity contribution < 1.29 is 4.79 Å². The number of rotatable bonds is 6. The molecule has 0 aliphatic carbocycles. The third-order valence-electron chi connectivity index (χ3n) is 3.94. The second-order valence-electron chi connectivity index (χ2n) is 5.75. The zero-order valence-corrected chi connectivity index (χ0v) is 14.3. The zero-order valence-electron chi connectivity index (χ0n) is 14.3. The van der Waals surface area contributed by atoms with Gasteiger partial charge in [-0.05, 0) is 37.5 Å². The van der Waals surface area contributed by atoms with Crippen LogP contribution in [0.2, 0.25) is 0 Å². The molecule has 1 N–H and O–H groups in total. The number of carbonyl (C=O) groups is 1. The van der Waals surface area contributed by atoms with E-state index in [1.54, 1.807) is 24.3 Å². The van der Waals surface area contributed by atoms with E-state index in [0.29, 0.717) is 11.5 Å². The molecule has 0 radical (unpaired) electrons. The van der Waals surface area contributed by atoms with Crippen LogP contribution >= 0.6 is 0 Å². The van der Waals surface area contributed by atoms with Crippen LogP contribution < -0.4 is 5.32 Å². The summed E-state index contributed by atoms with van der Waals surface area (Å²) in [6.45, 7) is 6.97. The Kier molecular flexibility index (Phi) is 5.68. The molecule has 0 saturated carbocycles. The van der Waals surface area contributed by atoms with Crippen molar-refractivity contribution in [2.75, 3.05) is 18.9 Å². The van der Waals surface area contributed by atoms with E-state index in [2.05, 4.69) is 42.1 Å². The molecule has 0 fully saturated rings. The molecular formula is C18H24N4O. The highest BCUT2D eigenvalue weighted by Gasteiger charge is 2.12. The topological polar surface area (TPSA) is 58.1 Å². The lowest BCUT2D eigenvalue weighted by Gasteiger charge is -2.16. The van der Waals surface area contributed by atoms with Crippen LogP contribution in [0.25, 0.3) is 0 Å². The van der Waals surface area contributed by atoms with Crippen molar-refractivity contribution in [1.29, 1.82) is 0 Å². The van der Waals surface area contributed by atoms with Crippen molar-refractivity contribution in [1.82, 2.24) is 14.9 Å². The molecule has 1 aromatic carbocycles. The number of aryl methyl sites for hydroxylation is 1. The summed E-state index contributed by atoms with van der Waals surface area (Å²) in [4.78, 5) is 22.5. The first-order valence-electron chi connectivity index (χ1n) is 7.93. The number of benzene rings is 1. The normalized spacial score (nSPS) is 10.4. The Labute approximate surface area is 137 Å². The van der Waals surface area contributed by atoms with E-state index in [4.69, 9.17) is 0 Å². The number of nitrogens with one attached hydrogen (secondary N) is 1. The molecule has 23 heavy (non-hydrogen) atoms. The monoisotopic (exact) mass is 312 g/mol. The van der Waals surface area contributed by atoms with Crippen LogP contribution in [0.5, 0.6) is 0 Å². The highest BCUT2D eigenvalue weighted by molar-refractivity contribution is 5.93. The Hall–Kier alpha value is -2.43. The zero-order chi connectivity index (χ0) is 16.8. The Morgan fingerprint density at radius 3 is 2.57 bits per heavy atom. The number of hydrogen-bond acceptors (Lipinski definition) is 4. The number of aromatic nitrogens is 2. The second-order valence-corrected chi connectivity index (χ2v) is 5.75. The maximum absolute atomic E-state index is 12.2. The third kappa shape index (κ3) is 4.28. The summed E-state index contributed by atoms with van der Waals surface area (Å²) in [7, 11) is 1.81. The van der Waals surface area contributed by atoms with Gasteiger partial charge in [0.25, 0.3) is 5.91 Å². The first-order chi connectivity index (χ1) is 11.0. The molecule has 1 heterocycles. The summed E-state index contributed by atoms with van der Waals surface area (Å²) in [5.74, 6) is 0.447. The molecule has 0 aliphatic heterocycles. The molecule has 0 aliphatic rings. The quantitative estimate of drug-likeness (QED) is 0.883. The highest BCUT2D eigenvalue weighted by atomic mass is 16.2. The fourth-order valence-electron chi connectivity index (χ4n) is 2.23. The minimum absolute atomic E-state index is 0.0447. The molecule has 1 amide bonds. The van der Waals surface area contributed by atoms with Crippen LogP contribution in [0.4, 0.5) is 11.6 Å². The van der Waals surface area contributed by atoms with Crippen molar-refractivity contribution in [3.8, 4) is 0 Å². The lowest BCUT2D eigenvalue weighted by molar-refractivity contribution is 0.0792. The SMILES string of the molecule is CCCCN(C)C(=O)c1cnc(Nc2cccc(C)c2C)nc1. The van der Waals surface area contributed by atoms with E-state index in [0.717, 1.165) is 30.6 Å². The van der Waals surface area contributed by atoms with Gasteiger partial charge in [-0.2, -0.15) is 0 Å². The number of anilines is 2. The van der Waals surface area contributed by atoms with E-state index in [1.165, 1.54) is 5.56 Å². The van der Waals surface area contributed by atoms with Crippen LogP contribution in [0.3, 0.4) is 0 Å². The van der Waals surface area contributed by atoms with Crippen LogP contribution in [0, 0.1) is 13.8 Å². The molecule has 2 rings (SSSR count). The van der Waals surface area contributed by atoms with Gasteiger partial charge in [-0.25, -0.2) is 9.97 Å². The molecule has 0 saturated heterocycles. The van der Waals surface area contributed by atoms with Gasteiger partial charge in [-0.1, -0.05) is 25.5 Å². The molecule has 0 unspecified atom stereocenters. The largest absolute Gasteiger partial charge is 0.342 e. The predicted molar refractivity (Wildman–Crippen MR) is 93.1 cm³/mol. The number of hydrogen-bond donors (Lipinski definition) is 1. The van der Waals surface area contributed by atoms with E-state index in [9.17, 15) is 4.79 Å². The Morgan fingerprint density at radius 2 is 1.91 bits per heavy atom. The van der Waals surface area contributed by atoms with Crippen LogP contribution in [-0.4, -0.2) is 34.4 Å². The van der Waals surface area contributed by atoms with Gasteiger partial charge >= 0.3 is 0 Å². The molecule has 2 aromatic rings. The van der Waals surface area contributed by atoms with Crippen molar-refractivity contribution in [3.05, 3.63) is 47.3 Å². The maximum atomic E-state index is 12.2. The first kappa shape index (κ1) is 16.9.